The van der Waals surface area contributed by atoms with Gasteiger partial charge in [0.2, 0.25) is 0 Å². The Morgan fingerprint density at radius 1 is 0.941 bits per heavy atom. The van der Waals surface area contributed by atoms with Crippen molar-refractivity contribution in [3.63, 3.8) is 0 Å². The molecule has 0 fully saturated rings. The van der Waals surface area contributed by atoms with Crippen LogP contribution < -0.4 is 0 Å². The normalized spacial score (nSPS) is 16.1. The largest absolute Gasteiger partial charge is 0.292 e. The summed E-state index contributed by atoms with van der Waals surface area (Å²) in [6.07, 6.45) is -0.618. The van der Waals surface area contributed by atoms with Gasteiger partial charge < -0.3 is 0 Å². The van der Waals surface area contributed by atoms with E-state index in [2.05, 4.69) is 0 Å². The molecule has 0 bridgehead atoms. The van der Waals surface area contributed by atoms with E-state index in [1.54, 1.807) is 0 Å². The van der Waals surface area contributed by atoms with Gasteiger partial charge in [-0.2, -0.15) is 25.3 Å². The van der Waals surface area contributed by atoms with Gasteiger partial charge in [0.25, 0.3) is 34.9 Å². The summed E-state index contributed by atoms with van der Waals surface area (Å²) in [6.45, 7) is 1.38. The maximum atomic E-state index is 10.8. The topological polar surface area (TPSA) is 163 Å². The molecule has 0 aliphatic rings. The van der Waals surface area contributed by atoms with Crippen LogP contribution in [-0.4, -0.2) is 44.2 Å². The molecule has 0 aromatic carbocycles. The second-order valence-corrected chi connectivity index (χ2v) is 7.70. The molecule has 9 nitrogen and oxygen atoms in total. The van der Waals surface area contributed by atoms with Gasteiger partial charge in [0.1, 0.15) is 5.25 Å². The van der Waals surface area contributed by atoms with Crippen LogP contribution in [0.25, 0.3) is 0 Å². The second kappa shape index (κ2) is 5.16. The van der Waals surface area contributed by atoms with Crippen LogP contribution in [0.2, 0.25) is 0 Å². The van der Waals surface area contributed by atoms with Gasteiger partial charge in [-0.15, -0.1) is 0 Å². The first-order valence-electron chi connectivity index (χ1n) is 4.10. The van der Waals surface area contributed by atoms with Crippen molar-refractivity contribution in [2.75, 3.05) is 0 Å². The maximum absolute atomic E-state index is 10.8. The zero-order valence-corrected chi connectivity index (χ0v) is 11.0. The molecule has 0 saturated carbocycles. The molecule has 0 amide bonds. The molecular weight excluding hydrogens is 300 g/mol. The summed E-state index contributed by atoms with van der Waals surface area (Å²) in [5.41, 5.74) is 0. The molecule has 1 unspecified atom stereocenters. The van der Waals surface area contributed by atoms with Gasteiger partial charge in [-0.25, -0.2) is 0 Å². The van der Waals surface area contributed by atoms with Gasteiger partial charge >= 0.3 is 0 Å². The van der Waals surface area contributed by atoms with Crippen LogP contribution in [-0.2, 0) is 30.4 Å². The Bertz CT molecular complexity index is 522. The lowest BCUT2D eigenvalue weighted by Gasteiger charge is -2.17. The molecular formula is C5H11O9S3. The average molecular weight is 311 g/mol. The summed E-state index contributed by atoms with van der Waals surface area (Å²) in [4.78, 5) is 0. The first kappa shape index (κ1) is 16.7. The Labute approximate surface area is 99.1 Å². The molecule has 103 valence electrons. The fourth-order valence-corrected chi connectivity index (χ4v) is 5.32. The van der Waals surface area contributed by atoms with Gasteiger partial charge in [-0.05, 0) is 6.42 Å². The van der Waals surface area contributed by atoms with Gasteiger partial charge in [0.15, 0.2) is 0 Å². The number of hydrogen-bond donors (Lipinski definition) is 3. The van der Waals surface area contributed by atoms with E-state index >= 15 is 0 Å². The van der Waals surface area contributed by atoms with Crippen molar-refractivity contribution in [1.29, 1.82) is 0 Å². The minimum absolute atomic E-state index is 0.0149. The monoisotopic (exact) mass is 311 g/mol. The molecule has 0 aliphatic carbocycles. The average Bonchev–Trinajstić information content (AvgIpc) is 1.96. The zero-order valence-electron chi connectivity index (χ0n) is 8.51. The molecule has 0 aromatic rings. The first-order chi connectivity index (χ1) is 7.31. The Morgan fingerprint density at radius 2 is 1.29 bits per heavy atom. The lowest BCUT2D eigenvalue weighted by molar-refractivity contribution is 0.445. The van der Waals surface area contributed by atoms with Crippen molar-refractivity contribution < 1.29 is 38.9 Å². The van der Waals surface area contributed by atoms with E-state index in [9.17, 15) is 25.3 Å². The van der Waals surface area contributed by atoms with Gasteiger partial charge in [-0.3, -0.25) is 13.7 Å². The summed E-state index contributed by atoms with van der Waals surface area (Å²) in [7, 11) is -16.1. The lowest BCUT2D eigenvalue weighted by atomic mass is 10.3. The van der Waals surface area contributed by atoms with Gasteiger partial charge in [0, 0.05) is 0 Å². The lowest BCUT2D eigenvalue weighted by Crippen LogP contribution is -2.37. The Balaban J connectivity index is 5.93. The smallest absolute Gasteiger partial charge is 0.285 e. The van der Waals surface area contributed by atoms with Crippen LogP contribution in [0.15, 0.2) is 0 Å². The Kier molecular flexibility index (Phi) is 5.07. The molecule has 0 aromatic heterocycles. The minimum atomic E-state index is -5.49. The zero-order chi connectivity index (χ0) is 14.1. The maximum Gasteiger partial charge on any atom is 0.292 e. The predicted molar refractivity (Wildman–Crippen MR) is 56.6 cm³/mol. The number of rotatable bonds is 6. The summed E-state index contributed by atoms with van der Waals surface area (Å²) in [5, 5.41) is -2.43. The highest BCUT2D eigenvalue weighted by Crippen LogP contribution is 2.28. The highest BCUT2D eigenvalue weighted by atomic mass is 32.3. The van der Waals surface area contributed by atoms with Crippen LogP contribution in [0.1, 0.15) is 19.8 Å². The Morgan fingerprint density at radius 3 is 1.47 bits per heavy atom. The fraction of sp³-hybridized carbons (Fsp3) is 0.800. The van der Waals surface area contributed by atoms with E-state index in [-0.39, 0.29) is 6.42 Å². The Hall–Kier alpha value is -0.270. The second-order valence-electron chi connectivity index (χ2n) is 3.06. The van der Waals surface area contributed by atoms with Crippen LogP contribution in [0.5, 0.6) is 0 Å². The summed E-state index contributed by atoms with van der Waals surface area (Å²) >= 11 is 0. The first-order valence-corrected chi connectivity index (χ1v) is 8.48. The third-order valence-electron chi connectivity index (χ3n) is 1.68. The summed E-state index contributed by atoms with van der Waals surface area (Å²) < 4.78 is 88.5. The predicted octanol–water partition coefficient (Wildman–Crippen LogP) is -0.692. The van der Waals surface area contributed by atoms with E-state index in [0.29, 0.717) is 0 Å². The van der Waals surface area contributed by atoms with Crippen molar-refractivity contribution in [3.8, 4) is 0 Å². The van der Waals surface area contributed by atoms with E-state index in [1.165, 1.54) is 6.92 Å². The molecule has 12 heteroatoms. The third kappa shape index (κ3) is 4.85. The molecule has 0 rings (SSSR count). The standard InChI is InChI=1S/C5H11O9S3/c1-2-3-4(15(6,7)8)5(16(9,10)11)17(12,13)14/h4H,2-3H2,1H3,(H,6,7,8)(H,9,10,11)(H,12,13,14). The van der Waals surface area contributed by atoms with E-state index in [4.69, 9.17) is 13.7 Å². The van der Waals surface area contributed by atoms with Crippen LogP contribution >= 0.6 is 0 Å². The SMILES string of the molecule is CCCC([C](S(=O)(=O)O)S(=O)(=O)O)S(=O)(=O)O. The van der Waals surface area contributed by atoms with E-state index in [1.807, 2.05) is 0 Å². The summed E-state index contributed by atoms with van der Waals surface area (Å²) in [5.74, 6) is 0. The molecule has 1 radical (unpaired) electrons. The highest BCUT2D eigenvalue weighted by molar-refractivity contribution is 8.09. The number of hydrogen-bond acceptors (Lipinski definition) is 6. The van der Waals surface area contributed by atoms with Gasteiger partial charge in [-0.1, -0.05) is 13.3 Å². The molecule has 0 heterocycles. The molecule has 0 saturated heterocycles. The summed E-state index contributed by atoms with van der Waals surface area (Å²) in [6, 6.07) is 0. The van der Waals surface area contributed by atoms with Crippen LogP contribution in [0, 0.1) is 4.58 Å². The van der Waals surface area contributed by atoms with Crippen molar-refractivity contribution in [2.24, 2.45) is 0 Å². The third-order valence-corrected chi connectivity index (χ3v) is 6.02. The van der Waals surface area contributed by atoms with Crippen molar-refractivity contribution in [3.05, 3.63) is 4.58 Å². The van der Waals surface area contributed by atoms with Crippen LogP contribution in [0.4, 0.5) is 0 Å². The van der Waals surface area contributed by atoms with E-state index < -0.39 is 46.6 Å². The quantitative estimate of drug-likeness (QED) is 0.538. The van der Waals surface area contributed by atoms with Crippen LogP contribution in [0.3, 0.4) is 0 Å². The van der Waals surface area contributed by atoms with Crippen molar-refractivity contribution in [1.82, 2.24) is 0 Å². The van der Waals surface area contributed by atoms with Crippen molar-refractivity contribution in [2.45, 2.75) is 25.0 Å². The van der Waals surface area contributed by atoms with Crippen molar-refractivity contribution >= 4 is 30.4 Å². The molecule has 3 N–H and O–H groups in total. The molecule has 17 heavy (non-hydrogen) atoms. The fourth-order valence-electron chi connectivity index (χ4n) is 1.12. The highest BCUT2D eigenvalue weighted by Gasteiger charge is 2.49. The van der Waals surface area contributed by atoms with Gasteiger partial charge in [0.05, 0.1) is 0 Å². The molecule has 1 atom stereocenters. The minimum Gasteiger partial charge on any atom is -0.285 e. The van der Waals surface area contributed by atoms with E-state index in [0.717, 1.165) is 0 Å². The molecule has 0 aliphatic heterocycles. The molecule has 0 spiro atoms.